The molecule has 0 N–H and O–H groups in total. The van der Waals surface area contributed by atoms with Gasteiger partial charge >= 0.3 is 0 Å². The van der Waals surface area contributed by atoms with Crippen LogP contribution in [-0.4, -0.2) is 95.2 Å². The number of anilines is 2. The first-order valence-electron chi connectivity index (χ1n) is 10.8. The highest BCUT2D eigenvalue weighted by Crippen LogP contribution is 2.22. The van der Waals surface area contributed by atoms with Crippen LogP contribution in [0.3, 0.4) is 0 Å². The second kappa shape index (κ2) is 8.91. The summed E-state index contributed by atoms with van der Waals surface area (Å²) in [7, 11) is 2.14. The first-order chi connectivity index (χ1) is 15.7. The van der Waals surface area contributed by atoms with Gasteiger partial charge in [-0.15, -0.1) is 0 Å². The van der Waals surface area contributed by atoms with Crippen LogP contribution in [0.25, 0.3) is 11.3 Å². The third-order valence-electron chi connectivity index (χ3n) is 6.03. The molecule has 3 aromatic rings. The maximum Gasteiger partial charge on any atom is 0.276 e. The number of likely N-dealkylation sites (N-methyl/N-ethyl adjacent to an activating group) is 1. The Balaban J connectivity index is 1.21. The van der Waals surface area contributed by atoms with Crippen molar-refractivity contribution in [1.29, 1.82) is 0 Å². The summed E-state index contributed by atoms with van der Waals surface area (Å²) in [5.41, 5.74) is 1.11. The first-order valence-corrected chi connectivity index (χ1v) is 10.8. The fourth-order valence-corrected chi connectivity index (χ4v) is 4.04. The summed E-state index contributed by atoms with van der Waals surface area (Å²) in [4.78, 5) is 34.6. The van der Waals surface area contributed by atoms with Crippen molar-refractivity contribution in [3.63, 3.8) is 0 Å². The second-order valence-corrected chi connectivity index (χ2v) is 8.12. The summed E-state index contributed by atoms with van der Waals surface area (Å²) in [5.74, 6) is 2.29. The quantitative estimate of drug-likeness (QED) is 0.601. The average molecular weight is 435 g/mol. The van der Waals surface area contributed by atoms with Crippen LogP contribution >= 0.6 is 0 Å². The molecular weight excluding hydrogens is 408 g/mol. The van der Waals surface area contributed by atoms with E-state index < -0.39 is 0 Å². The lowest BCUT2D eigenvalue weighted by Crippen LogP contribution is -2.49. The summed E-state index contributed by atoms with van der Waals surface area (Å²) in [5, 5.41) is 3.98. The van der Waals surface area contributed by atoms with Gasteiger partial charge < -0.3 is 24.1 Å². The van der Waals surface area contributed by atoms with Crippen molar-refractivity contribution in [2.24, 2.45) is 0 Å². The molecule has 32 heavy (non-hydrogen) atoms. The van der Waals surface area contributed by atoms with Crippen LogP contribution in [0.1, 0.15) is 10.5 Å². The highest BCUT2D eigenvalue weighted by molar-refractivity contribution is 5.93. The predicted molar refractivity (Wildman–Crippen MR) is 120 cm³/mol. The molecule has 2 saturated heterocycles. The number of hydrogen-bond donors (Lipinski definition) is 0. The lowest BCUT2D eigenvalue weighted by Gasteiger charge is -2.36. The molecular formula is C22H26N8O2. The molecule has 0 spiro atoms. The normalized spacial score (nSPS) is 17.6. The van der Waals surface area contributed by atoms with Gasteiger partial charge in [0.15, 0.2) is 11.5 Å². The minimum atomic E-state index is -0.121. The minimum Gasteiger partial charge on any atom is -0.355 e. The topological polar surface area (TPSA) is 94.7 Å². The van der Waals surface area contributed by atoms with Crippen LogP contribution in [0, 0.1) is 0 Å². The van der Waals surface area contributed by atoms with Gasteiger partial charge in [-0.3, -0.25) is 9.78 Å². The molecule has 0 atom stereocenters. The predicted octanol–water partition coefficient (Wildman–Crippen LogP) is 1.24. The largest absolute Gasteiger partial charge is 0.355 e. The van der Waals surface area contributed by atoms with Crippen molar-refractivity contribution >= 4 is 17.5 Å². The fraction of sp³-hybridized carbons (Fsp3) is 0.409. The Morgan fingerprint density at radius 1 is 0.938 bits per heavy atom. The van der Waals surface area contributed by atoms with E-state index in [1.165, 1.54) is 0 Å². The lowest BCUT2D eigenvalue weighted by atomic mass is 10.2. The van der Waals surface area contributed by atoms with E-state index in [1.807, 2.05) is 17.0 Å². The molecule has 0 saturated carbocycles. The van der Waals surface area contributed by atoms with Crippen molar-refractivity contribution in [2.45, 2.75) is 0 Å². The van der Waals surface area contributed by atoms with Gasteiger partial charge in [0, 0.05) is 82.4 Å². The molecule has 2 aliphatic rings. The Morgan fingerprint density at radius 2 is 1.62 bits per heavy atom. The molecule has 1 amide bonds. The van der Waals surface area contributed by atoms with E-state index in [0.717, 1.165) is 43.4 Å². The molecule has 10 nitrogen and oxygen atoms in total. The molecule has 0 aliphatic carbocycles. The number of nitrogens with zero attached hydrogens (tertiary/aromatic N) is 8. The van der Waals surface area contributed by atoms with Crippen LogP contribution in [0.5, 0.6) is 0 Å². The molecule has 5 rings (SSSR count). The van der Waals surface area contributed by atoms with Crippen LogP contribution in [-0.2, 0) is 0 Å². The summed E-state index contributed by atoms with van der Waals surface area (Å²) >= 11 is 0. The van der Waals surface area contributed by atoms with Crippen molar-refractivity contribution in [3.05, 3.63) is 48.7 Å². The Kier molecular flexibility index (Phi) is 5.68. The Hall–Kier alpha value is -3.53. The molecule has 0 bridgehead atoms. The van der Waals surface area contributed by atoms with Gasteiger partial charge in [0.2, 0.25) is 0 Å². The van der Waals surface area contributed by atoms with Crippen LogP contribution < -0.4 is 9.80 Å². The van der Waals surface area contributed by atoms with Gasteiger partial charge in [-0.1, -0.05) is 5.16 Å². The number of piperazine rings is 2. The molecule has 0 radical (unpaired) electrons. The van der Waals surface area contributed by atoms with Gasteiger partial charge in [-0.25, -0.2) is 9.97 Å². The third kappa shape index (κ3) is 4.26. The third-order valence-corrected chi connectivity index (χ3v) is 6.03. The van der Waals surface area contributed by atoms with E-state index in [0.29, 0.717) is 37.6 Å². The number of pyridine rings is 1. The van der Waals surface area contributed by atoms with Crippen LogP contribution in [0.4, 0.5) is 11.6 Å². The Bertz CT molecular complexity index is 1060. The van der Waals surface area contributed by atoms with Gasteiger partial charge in [-0.2, -0.15) is 0 Å². The maximum absolute atomic E-state index is 12.9. The molecule has 10 heteroatoms. The Morgan fingerprint density at radius 3 is 2.28 bits per heavy atom. The number of rotatable bonds is 4. The second-order valence-electron chi connectivity index (χ2n) is 8.12. The smallest absolute Gasteiger partial charge is 0.276 e. The van der Waals surface area contributed by atoms with E-state index in [2.05, 4.69) is 47.9 Å². The van der Waals surface area contributed by atoms with Crippen LogP contribution in [0.15, 0.2) is 47.5 Å². The minimum absolute atomic E-state index is 0.121. The SMILES string of the molecule is CN1CCN(c2cc(N3CCN(C(=O)c4cc(-c5cccnc5)on4)CC3)ncn2)CC1. The summed E-state index contributed by atoms with van der Waals surface area (Å²) < 4.78 is 5.36. The summed E-state index contributed by atoms with van der Waals surface area (Å²) in [6, 6.07) is 7.43. The van der Waals surface area contributed by atoms with E-state index in [1.54, 1.807) is 24.8 Å². The Labute approximate surface area is 186 Å². The van der Waals surface area contributed by atoms with Crippen molar-refractivity contribution < 1.29 is 9.32 Å². The molecule has 5 heterocycles. The van der Waals surface area contributed by atoms with E-state index in [4.69, 9.17) is 4.52 Å². The van der Waals surface area contributed by atoms with Gasteiger partial charge in [0.05, 0.1) is 0 Å². The highest BCUT2D eigenvalue weighted by atomic mass is 16.5. The standard InChI is InChI=1S/C22H26N8O2/c1-27-5-7-28(8-6-27)20-14-21(25-16-24-20)29-9-11-30(12-10-29)22(31)18-13-19(32-26-18)17-3-2-4-23-15-17/h2-4,13-16H,5-12H2,1H3. The van der Waals surface area contributed by atoms with E-state index in [9.17, 15) is 4.79 Å². The fourth-order valence-electron chi connectivity index (χ4n) is 4.04. The number of amides is 1. The van der Waals surface area contributed by atoms with E-state index >= 15 is 0 Å². The lowest BCUT2D eigenvalue weighted by molar-refractivity contribution is 0.0736. The highest BCUT2D eigenvalue weighted by Gasteiger charge is 2.26. The molecule has 3 aromatic heterocycles. The number of aromatic nitrogens is 4. The van der Waals surface area contributed by atoms with Crippen molar-refractivity contribution in [1.82, 2.24) is 29.9 Å². The number of carbonyl (C=O) groups excluding carboxylic acids is 1. The average Bonchev–Trinajstić information content (AvgIpc) is 3.35. The zero-order chi connectivity index (χ0) is 21.9. The van der Waals surface area contributed by atoms with E-state index in [-0.39, 0.29) is 5.91 Å². The van der Waals surface area contributed by atoms with Crippen molar-refractivity contribution in [2.75, 3.05) is 69.2 Å². The summed E-state index contributed by atoms with van der Waals surface area (Å²) in [6.07, 6.45) is 5.01. The van der Waals surface area contributed by atoms with Crippen molar-refractivity contribution in [3.8, 4) is 11.3 Å². The van der Waals surface area contributed by atoms with Gasteiger partial charge in [-0.05, 0) is 19.2 Å². The molecule has 0 aromatic carbocycles. The molecule has 166 valence electrons. The monoisotopic (exact) mass is 434 g/mol. The van der Waals surface area contributed by atoms with Gasteiger partial charge in [0.1, 0.15) is 18.0 Å². The van der Waals surface area contributed by atoms with Crippen LogP contribution in [0.2, 0.25) is 0 Å². The molecule has 0 unspecified atom stereocenters. The number of hydrogen-bond acceptors (Lipinski definition) is 9. The molecule has 2 aliphatic heterocycles. The molecule has 2 fully saturated rings. The maximum atomic E-state index is 12.9. The zero-order valence-electron chi connectivity index (χ0n) is 18.1. The zero-order valence-corrected chi connectivity index (χ0v) is 18.1. The summed E-state index contributed by atoms with van der Waals surface area (Å²) in [6.45, 7) is 6.61. The number of carbonyl (C=O) groups is 1. The first kappa shape index (κ1) is 20.4. The van der Waals surface area contributed by atoms with Gasteiger partial charge in [0.25, 0.3) is 5.91 Å².